The Morgan fingerprint density at radius 2 is 1.77 bits per heavy atom. The number of nitrogens with zero attached hydrogens (tertiary/aromatic N) is 3. The van der Waals surface area contributed by atoms with Crippen molar-refractivity contribution in [2.24, 2.45) is 5.14 Å². The molecule has 6 nitrogen and oxygen atoms in total. The van der Waals surface area contributed by atoms with Crippen LogP contribution in [0.15, 0.2) is 65.7 Å². The Morgan fingerprint density at radius 3 is 2.48 bits per heavy atom. The molecule has 0 bridgehead atoms. The lowest BCUT2D eigenvalue weighted by molar-refractivity contribution is 0.595. The van der Waals surface area contributed by atoms with Crippen LogP contribution in [0.1, 0.15) is 25.5 Å². The van der Waals surface area contributed by atoms with Gasteiger partial charge in [-0.2, -0.15) is 0 Å². The third-order valence-electron chi connectivity index (χ3n) is 5.13. The first-order valence-electron chi connectivity index (χ1n) is 9.92. The van der Waals surface area contributed by atoms with E-state index in [9.17, 15) is 8.42 Å². The lowest BCUT2D eigenvalue weighted by atomic mass is 9.97. The second-order valence-corrected chi connectivity index (χ2v) is 9.14. The Balaban J connectivity index is 1.95. The minimum atomic E-state index is -3.94. The van der Waals surface area contributed by atoms with Crippen molar-refractivity contribution in [2.75, 3.05) is 0 Å². The monoisotopic (exact) mass is 452 g/mol. The van der Waals surface area contributed by atoms with E-state index in [-0.39, 0.29) is 10.0 Å². The standard InChI is InChI=1S/C23H21ClN4O2S/c1-2-3-12-19-20(31(25,29)30)13-16(14-26-19)22-18-11-7-10-17(15-8-5-4-6-9-15)21(18)23(24)28-27-22/h4-11,13-14H,2-3,12H2,1H3,(H2,25,29,30). The normalized spacial score (nSPS) is 11.7. The summed E-state index contributed by atoms with van der Waals surface area (Å²) in [5, 5.41) is 15.7. The van der Waals surface area contributed by atoms with Crippen molar-refractivity contribution in [3.63, 3.8) is 0 Å². The first-order valence-corrected chi connectivity index (χ1v) is 11.8. The fraction of sp³-hybridized carbons (Fsp3) is 0.174. The number of unbranched alkanes of at least 4 members (excludes halogenated alkanes) is 1. The summed E-state index contributed by atoms with van der Waals surface area (Å²) in [6, 6.07) is 17.1. The van der Waals surface area contributed by atoms with Gasteiger partial charge in [0, 0.05) is 22.5 Å². The molecule has 0 aliphatic rings. The first kappa shape index (κ1) is 21.4. The van der Waals surface area contributed by atoms with Crippen LogP contribution in [0.2, 0.25) is 5.15 Å². The number of aromatic nitrogens is 3. The molecule has 2 N–H and O–H groups in total. The van der Waals surface area contributed by atoms with Crippen LogP contribution in [0.3, 0.4) is 0 Å². The molecule has 4 rings (SSSR count). The summed E-state index contributed by atoms with van der Waals surface area (Å²) in [6.07, 6.45) is 3.89. The predicted octanol–water partition coefficient (Wildman–Crippen LogP) is 5.00. The van der Waals surface area contributed by atoms with Crippen LogP contribution in [-0.2, 0) is 16.4 Å². The maximum absolute atomic E-state index is 12.2. The average Bonchev–Trinajstić information content (AvgIpc) is 2.77. The number of benzene rings is 2. The van der Waals surface area contributed by atoms with Crippen LogP contribution < -0.4 is 5.14 Å². The highest BCUT2D eigenvalue weighted by Crippen LogP contribution is 2.37. The van der Waals surface area contributed by atoms with Gasteiger partial charge in [-0.25, -0.2) is 13.6 Å². The van der Waals surface area contributed by atoms with E-state index in [1.807, 2.05) is 55.5 Å². The zero-order valence-electron chi connectivity index (χ0n) is 16.9. The summed E-state index contributed by atoms with van der Waals surface area (Å²) in [4.78, 5) is 4.43. The third-order valence-corrected chi connectivity index (χ3v) is 6.36. The van der Waals surface area contributed by atoms with E-state index in [4.69, 9.17) is 16.7 Å². The van der Waals surface area contributed by atoms with E-state index in [1.165, 1.54) is 6.07 Å². The van der Waals surface area contributed by atoms with Crippen molar-refractivity contribution in [1.82, 2.24) is 15.2 Å². The summed E-state index contributed by atoms with van der Waals surface area (Å²) in [5.41, 5.74) is 3.38. The SMILES string of the molecule is CCCCc1ncc(-c2nnc(Cl)c3c(-c4ccccc4)cccc23)cc1S(N)(=O)=O. The van der Waals surface area contributed by atoms with Gasteiger partial charge in [0.15, 0.2) is 5.15 Å². The molecular weight excluding hydrogens is 432 g/mol. The highest BCUT2D eigenvalue weighted by molar-refractivity contribution is 7.89. The minimum absolute atomic E-state index is 0.0163. The molecule has 31 heavy (non-hydrogen) atoms. The Kier molecular flexibility index (Phi) is 6.00. The number of fused-ring (bicyclic) bond motifs is 1. The van der Waals surface area contributed by atoms with Gasteiger partial charge in [0.2, 0.25) is 10.0 Å². The summed E-state index contributed by atoms with van der Waals surface area (Å²) in [5.74, 6) is 0. The number of halogens is 1. The summed E-state index contributed by atoms with van der Waals surface area (Å²) in [7, 11) is -3.94. The predicted molar refractivity (Wildman–Crippen MR) is 123 cm³/mol. The lowest BCUT2D eigenvalue weighted by Crippen LogP contribution is -2.16. The molecule has 4 aromatic rings. The van der Waals surface area contributed by atoms with Gasteiger partial charge in [-0.05, 0) is 30.0 Å². The molecule has 0 unspecified atom stereocenters. The molecule has 2 aromatic heterocycles. The zero-order valence-corrected chi connectivity index (χ0v) is 18.5. The van der Waals surface area contributed by atoms with Crippen LogP contribution in [0.5, 0.6) is 0 Å². The van der Waals surface area contributed by atoms with E-state index in [1.54, 1.807) is 6.20 Å². The molecule has 2 aromatic carbocycles. The number of nitrogens with two attached hydrogens (primary N) is 1. The second-order valence-electron chi connectivity index (χ2n) is 7.25. The number of hydrogen-bond donors (Lipinski definition) is 1. The molecule has 0 radical (unpaired) electrons. The van der Waals surface area contributed by atoms with Gasteiger partial charge in [-0.3, -0.25) is 4.98 Å². The Hall–Kier alpha value is -2.87. The Bertz CT molecular complexity index is 1360. The maximum Gasteiger partial charge on any atom is 0.239 e. The minimum Gasteiger partial charge on any atom is -0.259 e. The van der Waals surface area contributed by atoms with Crippen LogP contribution in [0.4, 0.5) is 0 Å². The van der Waals surface area contributed by atoms with Crippen molar-refractivity contribution >= 4 is 32.4 Å². The van der Waals surface area contributed by atoms with Gasteiger partial charge in [-0.15, -0.1) is 10.2 Å². The highest BCUT2D eigenvalue weighted by atomic mass is 35.5. The summed E-state index contributed by atoms with van der Waals surface area (Å²) >= 11 is 6.45. The van der Waals surface area contributed by atoms with Gasteiger partial charge >= 0.3 is 0 Å². The molecule has 0 spiro atoms. The molecule has 2 heterocycles. The summed E-state index contributed by atoms with van der Waals surface area (Å²) < 4.78 is 24.5. The van der Waals surface area contributed by atoms with Gasteiger partial charge < -0.3 is 0 Å². The topological polar surface area (TPSA) is 98.8 Å². The largest absolute Gasteiger partial charge is 0.259 e. The zero-order chi connectivity index (χ0) is 22.0. The van der Waals surface area contributed by atoms with Crippen molar-refractivity contribution in [3.05, 3.63) is 71.6 Å². The Morgan fingerprint density at radius 1 is 1.00 bits per heavy atom. The van der Waals surface area contributed by atoms with E-state index >= 15 is 0 Å². The van der Waals surface area contributed by atoms with Crippen LogP contribution in [0, 0.1) is 0 Å². The van der Waals surface area contributed by atoms with Crippen LogP contribution >= 0.6 is 11.6 Å². The number of primary sulfonamides is 1. The number of pyridine rings is 1. The van der Waals surface area contributed by atoms with Crippen LogP contribution in [0.25, 0.3) is 33.2 Å². The van der Waals surface area contributed by atoms with E-state index in [0.717, 1.165) is 34.7 Å². The van der Waals surface area contributed by atoms with E-state index in [2.05, 4.69) is 15.2 Å². The molecule has 0 saturated carbocycles. The molecule has 0 aliphatic carbocycles. The molecule has 0 saturated heterocycles. The second kappa shape index (κ2) is 8.70. The fourth-order valence-corrected chi connectivity index (χ4v) is 4.64. The fourth-order valence-electron chi connectivity index (χ4n) is 3.62. The molecule has 8 heteroatoms. The third kappa shape index (κ3) is 4.30. The smallest absolute Gasteiger partial charge is 0.239 e. The van der Waals surface area contributed by atoms with Gasteiger partial charge in [0.25, 0.3) is 0 Å². The number of rotatable bonds is 6. The highest BCUT2D eigenvalue weighted by Gasteiger charge is 2.20. The summed E-state index contributed by atoms with van der Waals surface area (Å²) in [6.45, 7) is 2.03. The molecule has 158 valence electrons. The number of sulfonamides is 1. The number of aryl methyl sites for hydroxylation is 1. The van der Waals surface area contributed by atoms with Gasteiger partial charge in [-0.1, -0.05) is 73.5 Å². The van der Waals surface area contributed by atoms with Gasteiger partial charge in [0.05, 0.1) is 5.69 Å². The molecule has 0 atom stereocenters. The quantitative estimate of drug-likeness (QED) is 0.443. The molecule has 0 amide bonds. The van der Waals surface area contributed by atoms with Crippen LogP contribution in [-0.4, -0.2) is 23.6 Å². The van der Waals surface area contributed by atoms with E-state index < -0.39 is 10.0 Å². The number of hydrogen-bond acceptors (Lipinski definition) is 5. The molecule has 0 aliphatic heterocycles. The first-order chi connectivity index (χ1) is 14.9. The van der Waals surface area contributed by atoms with Crippen molar-refractivity contribution in [1.29, 1.82) is 0 Å². The van der Waals surface area contributed by atoms with Crippen molar-refractivity contribution in [2.45, 2.75) is 31.1 Å². The Labute approximate surface area is 186 Å². The van der Waals surface area contributed by atoms with Crippen molar-refractivity contribution in [3.8, 4) is 22.4 Å². The molecule has 0 fully saturated rings. The average molecular weight is 453 g/mol. The molecular formula is C23H21ClN4O2S. The lowest BCUT2D eigenvalue weighted by Gasteiger charge is -2.13. The maximum atomic E-state index is 12.2. The van der Waals surface area contributed by atoms with Gasteiger partial charge in [0.1, 0.15) is 10.6 Å². The van der Waals surface area contributed by atoms with Crippen molar-refractivity contribution < 1.29 is 8.42 Å². The van der Waals surface area contributed by atoms with E-state index in [0.29, 0.717) is 23.4 Å².